The molecule has 1 N–H and O–H groups in total. The molecule has 0 aliphatic heterocycles. The molecule has 0 spiro atoms. The minimum absolute atomic E-state index is 0.619. The standard InChI is InChI=1S/C17H25NO2/c1-12(2)9-14-15-10-13(7-8-19-4)5-6-16(15)20-17(14)11-18-3/h5-6,10,12,18H,7-9,11H2,1-4H3. The average Bonchev–Trinajstić information content (AvgIpc) is 2.74. The molecule has 3 nitrogen and oxygen atoms in total. The van der Waals surface area contributed by atoms with Gasteiger partial charge in [0.15, 0.2) is 0 Å². The number of ether oxygens (including phenoxy) is 1. The molecule has 0 amide bonds. The van der Waals surface area contributed by atoms with Gasteiger partial charge in [-0.2, -0.15) is 0 Å². The molecule has 0 fully saturated rings. The summed E-state index contributed by atoms with van der Waals surface area (Å²) in [5.74, 6) is 1.69. The van der Waals surface area contributed by atoms with Gasteiger partial charge in [-0.25, -0.2) is 0 Å². The SMILES string of the molecule is CNCc1oc2ccc(CCOC)cc2c1CC(C)C. The van der Waals surface area contributed by atoms with Gasteiger partial charge in [0, 0.05) is 18.1 Å². The lowest BCUT2D eigenvalue weighted by Gasteiger charge is -2.06. The molecule has 1 aromatic carbocycles. The zero-order chi connectivity index (χ0) is 14.5. The number of fused-ring (bicyclic) bond motifs is 1. The summed E-state index contributed by atoms with van der Waals surface area (Å²) in [5.41, 5.74) is 3.65. The van der Waals surface area contributed by atoms with Gasteiger partial charge in [0.25, 0.3) is 0 Å². The zero-order valence-electron chi connectivity index (χ0n) is 13.0. The van der Waals surface area contributed by atoms with Gasteiger partial charge in [-0.05, 0) is 43.5 Å². The number of furan rings is 1. The van der Waals surface area contributed by atoms with E-state index >= 15 is 0 Å². The third kappa shape index (κ3) is 3.41. The van der Waals surface area contributed by atoms with E-state index in [2.05, 4.69) is 37.4 Å². The van der Waals surface area contributed by atoms with Crippen LogP contribution in [0.3, 0.4) is 0 Å². The molecule has 1 heterocycles. The van der Waals surface area contributed by atoms with E-state index < -0.39 is 0 Å². The van der Waals surface area contributed by atoms with Crippen molar-refractivity contribution in [1.29, 1.82) is 0 Å². The Balaban J connectivity index is 2.41. The van der Waals surface area contributed by atoms with Gasteiger partial charge in [-0.15, -0.1) is 0 Å². The number of nitrogens with one attached hydrogen (secondary N) is 1. The quantitative estimate of drug-likeness (QED) is 0.839. The molecule has 1 aromatic heterocycles. The molecule has 0 saturated heterocycles. The Hall–Kier alpha value is -1.32. The van der Waals surface area contributed by atoms with Crippen LogP contribution >= 0.6 is 0 Å². The van der Waals surface area contributed by atoms with E-state index in [-0.39, 0.29) is 0 Å². The first kappa shape index (κ1) is 15.1. The van der Waals surface area contributed by atoms with Crippen LogP contribution in [-0.4, -0.2) is 20.8 Å². The summed E-state index contributed by atoms with van der Waals surface area (Å²) in [6.45, 7) is 6.03. The van der Waals surface area contributed by atoms with Crippen LogP contribution in [0.2, 0.25) is 0 Å². The van der Waals surface area contributed by atoms with E-state index in [4.69, 9.17) is 9.15 Å². The summed E-state index contributed by atoms with van der Waals surface area (Å²) in [4.78, 5) is 0. The Morgan fingerprint density at radius 1 is 1.30 bits per heavy atom. The molecule has 0 unspecified atom stereocenters. The Morgan fingerprint density at radius 3 is 2.75 bits per heavy atom. The summed E-state index contributed by atoms with van der Waals surface area (Å²) < 4.78 is 11.2. The second-order valence-corrected chi connectivity index (χ2v) is 5.71. The van der Waals surface area contributed by atoms with Crippen molar-refractivity contribution in [3.63, 3.8) is 0 Å². The molecule has 3 heteroatoms. The van der Waals surface area contributed by atoms with Crippen molar-refractivity contribution >= 4 is 11.0 Å². The molecule has 0 saturated carbocycles. The zero-order valence-corrected chi connectivity index (χ0v) is 13.0. The lowest BCUT2D eigenvalue weighted by Crippen LogP contribution is -2.07. The molecule has 0 radical (unpaired) electrons. The highest BCUT2D eigenvalue weighted by molar-refractivity contribution is 5.83. The van der Waals surface area contributed by atoms with Crippen LogP contribution < -0.4 is 5.32 Å². The molecule has 0 bridgehead atoms. The van der Waals surface area contributed by atoms with E-state index in [0.717, 1.165) is 37.3 Å². The van der Waals surface area contributed by atoms with Gasteiger partial charge in [0.2, 0.25) is 0 Å². The fourth-order valence-electron chi connectivity index (χ4n) is 2.56. The summed E-state index contributed by atoms with van der Waals surface area (Å²) in [7, 11) is 3.70. The maximum Gasteiger partial charge on any atom is 0.134 e. The van der Waals surface area contributed by atoms with Gasteiger partial charge in [0.05, 0.1) is 13.2 Å². The first-order chi connectivity index (χ1) is 9.65. The summed E-state index contributed by atoms with van der Waals surface area (Å²) in [6.07, 6.45) is 2.00. The Bertz CT molecular complexity index is 557. The molecular formula is C17H25NO2. The van der Waals surface area contributed by atoms with Gasteiger partial charge < -0.3 is 14.5 Å². The molecule has 20 heavy (non-hydrogen) atoms. The number of benzene rings is 1. The predicted octanol–water partition coefficient (Wildman–Crippen LogP) is 3.54. The number of hydrogen-bond donors (Lipinski definition) is 1. The minimum Gasteiger partial charge on any atom is -0.459 e. The predicted molar refractivity (Wildman–Crippen MR) is 83.1 cm³/mol. The van der Waals surface area contributed by atoms with Crippen LogP contribution in [-0.2, 0) is 24.1 Å². The van der Waals surface area contributed by atoms with Gasteiger partial charge >= 0.3 is 0 Å². The van der Waals surface area contributed by atoms with E-state index in [9.17, 15) is 0 Å². The molecule has 0 aliphatic rings. The van der Waals surface area contributed by atoms with Crippen molar-refractivity contribution in [2.75, 3.05) is 20.8 Å². The third-order valence-electron chi connectivity index (χ3n) is 3.48. The van der Waals surface area contributed by atoms with E-state index in [1.165, 1.54) is 16.5 Å². The van der Waals surface area contributed by atoms with E-state index in [0.29, 0.717) is 5.92 Å². The van der Waals surface area contributed by atoms with Crippen molar-refractivity contribution in [3.05, 3.63) is 35.1 Å². The van der Waals surface area contributed by atoms with Crippen molar-refractivity contribution in [2.24, 2.45) is 5.92 Å². The third-order valence-corrected chi connectivity index (χ3v) is 3.48. The fraction of sp³-hybridized carbons (Fsp3) is 0.529. The van der Waals surface area contributed by atoms with Crippen LogP contribution in [0.15, 0.2) is 22.6 Å². The molecule has 110 valence electrons. The van der Waals surface area contributed by atoms with Gasteiger partial charge in [0.1, 0.15) is 11.3 Å². The second-order valence-electron chi connectivity index (χ2n) is 5.71. The Morgan fingerprint density at radius 2 is 2.10 bits per heavy atom. The number of methoxy groups -OCH3 is 1. The molecule has 2 aromatic rings. The molecule has 0 aliphatic carbocycles. The fourth-order valence-corrected chi connectivity index (χ4v) is 2.56. The number of rotatable bonds is 7. The highest BCUT2D eigenvalue weighted by Crippen LogP contribution is 2.29. The minimum atomic E-state index is 0.619. The smallest absolute Gasteiger partial charge is 0.134 e. The Kier molecular flexibility index (Phi) is 5.21. The molecule has 2 rings (SSSR count). The van der Waals surface area contributed by atoms with Crippen molar-refractivity contribution in [3.8, 4) is 0 Å². The monoisotopic (exact) mass is 275 g/mol. The molecular weight excluding hydrogens is 250 g/mol. The van der Waals surface area contributed by atoms with Gasteiger partial charge in [-0.3, -0.25) is 0 Å². The second kappa shape index (κ2) is 6.91. The van der Waals surface area contributed by atoms with Crippen molar-refractivity contribution < 1.29 is 9.15 Å². The normalized spacial score (nSPS) is 11.7. The maximum atomic E-state index is 6.01. The largest absolute Gasteiger partial charge is 0.459 e. The van der Waals surface area contributed by atoms with E-state index in [1.807, 2.05) is 7.05 Å². The summed E-state index contributed by atoms with van der Waals surface area (Å²) in [5, 5.41) is 4.46. The van der Waals surface area contributed by atoms with Gasteiger partial charge in [-0.1, -0.05) is 19.9 Å². The van der Waals surface area contributed by atoms with Crippen LogP contribution in [0.5, 0.6) is 0 Å². The summed E-state index contributed by atoms with van der Waals surface area (Å²) >= 11 is 0. The van der Waals surface area contributed by atoms with Crippen LogP contribution in [0.25, 0.3) is 11.0 Å². The van der Waals surface area contributed by atoms with Crippen molar-refractivity contribution in [1.82, 2.24) is 5.32 Å². The lowest BCUT2D eigenvalue weighted by molar-refractivity contribution is 0.202. The lowest BCUT2D eigenvalue weighted by atomic mass is 9.98. The van der Waals surface area contributed by atoms with Crippen LogP contribution in [0.1, 0.15) is 30.7 Å². The Labute approximate surface area is 121 Å². The maximum absolute atomic E-state index is 6.01. The van der Waals surface area contributed by atoms with E-state index in [1.54, 1.807) is 7.11 Å². The van der Waals surface area contributed by atoms with Crippen LogP contribution in [0, 0.1) is 5.92 Å². The number of hydrogen-bond acceptors (Lipinski definition) is 3. The van der Waals surface area contributed by atoms with Crippen LogP contribution in [0.4, 0.5) is 0 Å². The topological polar surface area (TPSA) is 34.4 Å². The molecule has 0 atom stereocenters. The highest BCUT2D eigenvalue weighted by Gasteiger charge is 2.15. The highest BCUT2D eigenvalue weighted by atomic mass is 16.5. The average molecular weight is 275 g/mol. The summed E-state index contributed by atoms with van der Waals surface area (Å²) in [6, 6.07) is 6.48. The first-order valence-electron chi connectivity index (χ1n) is 7.32. The first-order valence-corrected chi connectivity index (χ1v) is 7.32. The van der Waals surface area contributed by atoms with Crippen molar-refractivity contribution in [2.45, 2.75) is 33.2 Å².